The second kappa shape index (κ2) is 11.7. The first kappa shape index (κ1) is 34.9. The van der Waals surface area contributed by atoms with Crippen LogP contribution < -0.4 is 0 Å². The molecule has 0 aromatic carbocycles. The molecule has 6 saturated carbocycles. The minimum atomic E-state index is -0.716. The first-order valence-electron chi connectivity index (χ1n) is 15.6. The number of rotatable bonds is 5. The highest BCUT2D eigenvalue weighted by Crippen LogP contribution is 2.67. The average molecular weight is 591 g/mol. The van der Waals surface area contributed by atoms with Gasteiger partial charge in [-0.1, -0.05) is 57.4 Å². The Balaban J connectivity index is 0.00000121. The quantitative estimate of drug-likeness (QED) is 0.239. The van der Waals surface area contributed by atoms with Crippen LogP contribution in [0.3, 0.4) is 0 Å². The SMILES string of the molecule is C.C.C.C.CC1C2CC(CC2C(=O)OC2CCOC2=O)C1C1C(C)C2CC(C(=O)OC3(C)C4CCC(C4)C3(C)C)C1C2. The van der Waals surface area contributed by atoms with Crippen LogP contribution in [0, 0.1) is 76.4 Å². The van der Waals surface area contributed by atoms with Gasteiger partial charge in [-0.3, -0.25) is 9.59 Å². The largest absolute Gasteiger partial charge is 0.463 e. The molecule has 0 aromatic rings. The minimum absolute atomic E-state index is 0. The molecule has 0 amide bonds. The maximum absolute atomic E-state index is 13.9. The summed E-state index contributed by atoms with van der Waals surface area (Å²) in [4.78, 5) is 38.8. The van der Waals surface area contributed by atoms with E-state index in [0.717, 1.165) is 25.7 Å². The molecule has 6 nitrogen and oxygen atoms in total. The molecule has 1 aliphatic heterocycles. The van der Waals surface area contributed by atoms with Crippen LogP contribution in [0.2, 0.25) is 0 Å². The van der Waals surface area contributed by atoms with E-state index in [-0.39, 0.29) is 64.5 Å². The second-order valence-electron chi connectivity index (χ2n) is 15.2. The number of hydrogen-bond acceptors (Lipinski definition) is 6. The molecule has 1 saturated heterocycles. The van der Waals surface area contributed by atoms with Crippen molar-refractivity contribution >= 4 is 17.9 Å². The maximum atomic E-state index is 13.9. The normalized spacial score (nSPS) is 48.4. The summed E-state index contributed by atoms with van der Waals surface area (Å²) < 4.78 is 17.2. The van der Waals surface area contributed by atoms with E-state index in [2.05, 4.69) is 34.6 Å². The lowest BCUT2D eigenvalue weighted by Gasteiger charge is -2.48. The maximum Gasteiger partial charge on any atom is 0.347 e. The summed E-state index contributed by atoms with van der Waals surface area (Å²) in [5, 5.41) is 0. The molecule has 242 valence electrons. The van der Waals surface area contributed by atoms with Crippen LogP contribution in [0.15, 0.2) is 0 Å². The molecule has 42 heavy (non-hydrogen) atoms. The highest BCUT2D eigenvalue weighted by atomic mass is 16.6. The number of fused-ring (bicyclic) bond motifs is 6. The van der Waals surface area contributed by atoms with Crippen LogP contribution in [-0.4, -0.2) is 36.2 Å². The van der Waals surface area contributed by atoms with Gasteiger partial charge in [0.1, 0.15) is 5.60 Å². The number of hydrogen-bond donors (Lipinski definition) is 0. The Bertz CT molecular complexity index is 1030. The zero-order valence-corrected chi connectivity index (χ0v) is 23.8. The van der Waals surface area contributed by atoms with Gasteiger partial charge < -0.3 is 14.2 Å². The number of esters is 3. The molecule has 14 atom stereocenters. The van der Waals surface area contributed by atoms with Crippen molar-refractivity contribution in [2.24, 2.45) is 76.4 Å². The summed E-state index contributed by atoms with van der Waals surface area (Å²) in [6, 6.07) is 0. The van der Waals surface area contributed by atoms with Gasteiger partial charge in [-0.15, -0.1) is 0 Å². The fourth-order valence-electron chi connectivity index (χ4n) is 11.6. The lowest BCUT2D eigenvalue weighted by atomic mass is 9.61. The lowest BCUT2D eigenvalue weighted by Crippen LogP contribution is -2.52. The highest BCUT2D eigenvalue weighted by Gasteiger charge is 2.66. The Morgan fingerprint density at radius 1 is 0.738 bits per heavy atom. The summed E-state index contributed by atoms with van der Waals surface area (Å²) in [6.07, 6.45) is 7.54. The number of cyclic esters (lactones) is 1. The van der Waals surface area contributed by atoms with Gasteiger partial charge >= 0.3 is 17.9 Å². The van der Waals surface area contributed by atoms with E-state index in [9.17, 15) is 14.4 Å². The van der Waals surface area contributed by atoms with Crippen molar-refractivity contribution in [2.75, 3.05) is 6.61 Å². The second-order valence-corrected chi connectivity index (χ2v) is 15.2. The van der Waals surface area contributed by atoms with Crippen LogP contribution in [0.4, 0.5) is 0 Å². The Hall–Kier alpha value is -1.59. The highest BCUT2D eigenvalue weighted by molar-refractivity contribution is 5.82. The molecule has 0 spiro atoms. The van der Waals surface area contributed by atoms with Crippen molar-refractivity contribution in [3.05, 3.63) is 0 Å². The van der Waals surface area contributed by atoms with E-state index in [1.165, 1.54) is 19.3 Å². The molecule has 7 fully saturated rings. The van der Waals surface area contributed by atoms with Gasteiger partial charge in [0.25, 0.3) is 0 Å². The molecule has 0 N–H and O–H groups in total. The van der Waals surface area contributed by atoms with Crippen LogP contribution in [0.5, 0.6) is 0 Å². The van der Waals surface area contributed by atoms with E-state index >= 15 is 0 Å². The molecule has 7 aliphatic rings. The molecule has 6 heteroatoms. The van der Waals surface area contributed by atoms with E-state index < -0.39 is 12.1 Å². The van der Waals surface area contributed by atoms with Gasteiger partial charge in [-0.05, 0) is 111 Å². The summed E-state index contributed by atoms with van der Waals surface area (Å²) in [5.41, 5.74) is -0.289. The van der Waals surface area contributed by atoms with Crippen molar-refractivity contribution in [3.8, 4) is 0 Å². The molecule has 0 aromatic heterocycles. The molecule has 6 aliphatic carbocycles. The topological polar surface area (TPSA) is 78.9 Å². The summed E-state index contributed by atoms with van der Waals surface area (Å²) in [5.74, 6) is 4.63. The summed E-state index contributed by atoms with van der Waals surface area (Å²) >= 11 is 0. The van der Waals surface area contributed by atoms with Gasteiger partial charge in [0, 0.05) is 11.8 Å². The first-order valence-corrected chi connectivity index (χ1v) is 15.6. The van der Waals surface area contributed by atoms with Crippen molar-refractivity contribution < 1.29 is 28.6 Å². The predicted molar refractivity (Wildman–Crippen MR) is 166 cm³/mol. The molecule has 6 bridgehead atoms. The minimum Gasteiger partial charge on any atom is -0.463 e. The smallest absolute Gasteiger partial charge is 0.347 e. The molecule has 0 radical (unpaired) electrons. The lowest BCUT2D eigenvalue weighted by molar-refractivity contribution is -0.189. The third-order valence-electron chi connectivity index (χ3n) is 14.0. The third kappa shape index (κ3) is 4.66. The fourth-order valence-corrected chi connectivity index (χ4v) is 11.6. The third-order valence-corrected chi connectivity index (χ3v) is 14.0. The number of carbonyl (C=O) groups excluding carboxylic acids is 3. The molecular weight excluding hydrogens is 528 g/mol. The Morgan fingerprint density at radius 2 is 1.36 bits per heavy atom. The van der Waals surface area contributed by atoms with Crippen molar-refractivity contribution in [1.29, 1.82) is 0 Å². The van der Waals surface area contributed by atoms with E-state index in [1.54, 1.807) is 0 Å². The van der Waals surface area contributed by atoms with Gasteiger partial charge in [-0.2, -0.15) is 0 Å². The van der Waals surface area contributed by atoms with Gasteiger partial charge in [-0.25, -0.2) is 4.79 Å². The van der Waals surface area contributed by atoms with Crippen molar-refractivity contribution in [1.82, 2.24) is 0 Å². The standard InChI is InChI=1S/C32H46O6.4CH4/c1-15-17-10-22(24(11-17)29(34)38-32(5)20-7-6-19(14-20)31(32,3)4)27(15)26-16(2)21-12-18(26)13-23(21)28(33)37-25-8-9-36-30(25)35;;;;/h15-27H,6-14H2,1-5H3;4*1H4. The van der Waals surface area contributed by atoms with E-state index in [1.807, 2.05) is 0 Å². The summed E-state index contributed by atoms with van der Waals surface area (Å²) in [7, 11) is 0. The first-order chi connectivity index (χ1) is 18.0. The Morgan fingerprint density at radius 3 is 1.93 bits per heavy atom. The van der Waals surface area contributed by atoms with Crippen LogP contribution in [0.25, 0.3) is 0 Å². The number of ether oxygens (including phenoxy) is 3. The van der Waals surface area contributed by atoms with Crippen LogP contribution >= 0.6 is 0 Å². The molecular formula is C36H62O6. The zero-order valence-electron chi connectivity index (χ0n) is 23.8. The summed E-state index contributed by atoms with van der Waals surface area (Å²) in [6.45, 7) is 12.0. The van der Waals surface area contributed by atoms with E-state index in [0.29, 0.717) is 72.2 Å². The Labute approximate surface area is 256 Å². The van der Waals surface area contributed by atoms with Gasteiger partial charge in [0.15, 0.2) is 0 Å². The molecule has 14 unspecified atom stereocenters. The van der Waals surface area contributed by atoms with Crippen molar-refractivity contribution in [2.45, 2.75) is 127 Å². The van der Waals surface area contributed by atoms with Gasteiger partial charge in [0.05, 0.1) is 18.4 Å². The fraction of sp³-hybridized carbons (Fsp3) is 0.917. The van der Waals surface area contributed by atoms with Crippen molar-refractivity contribution in [3.63, 3.8) is 0 Å². The van der Waals surface area contributed by atoms with Crippen LogP contribution in [-0.2, 0) is 28.6 Å². The number of carbonyl (C=O) groups is 3. The van der Waals surface area contributed by atoms with Gasteiger partial charge in [0.2, 0.25) is 6.10 Å². The average Bonchev–Trinajstić information content (AvgIpc) is 3.70. The molecule has 1 heterocycles. The van der Waals surface area contributed by atoms with E-state index in [4.69, 9.17) is 14.2 Å². The zero-order chi connectivity index (χ0) is 26.7. The molecule has 7 rings (SSSR count). The monoisotopic (exact) mass is 590 g/mol. The predicted octanol–water partition coefficient (Wildman–Crippen LogP) is 7.96. The van der Waals surface area contributed by atoms with Crippen LogP contribution in [0.1, 0.15) is 116 Å². The Kier molecular flexibility index (Phi) is 9.74.